The Balaban J connectivity index is 2.20. The molecule has 20 heavy (non-hydrogen) atoms. The highest BCUT2D eigenvalue weighted by Gasteiger charge is 2.08. The van der Waals surface area contributed by atoms with Gasteiger partial charge in [0.1, 0.15) is 5.75 Å². The molecule has 1 aromatic rings. The molecule has 0 saturated carbocycles. The molecule has 0 unspecified atom stereocenters. The fraction of sp³-hybridized carbons (Fsp3) is 0.429. The number of ether oxygens (including phenoxy) is 2. The van der Waals surface area contributed by atoms with Crippen LogP contribution in [0.25, 0.3) is 0 Å². The van der Waals surface area contributed by atoms with Crippen LogP contribution in [0.2, 0.25) is 5.02 Å². The van der Waals surface area contributed by atoms with Gasteiger partial charge < -0.3 is 14.8 Å². The molecule has 0 aromatic heterocycles. The largest absolute Gasteiger partial charge is 0.482 e. The topological polar surface area (TPSA) is 64.6 Å². The van der Waals surface area contributed by atoms with Gasteiger partial charge in [0.15, 0.2) is 13.2 Å². The van der Waals surface area contributed by atoms with Gasteiger partial charge in [-0.15, -0.1) is 0 Å². The first kappa shape index (κ1) is 16.3. The van der Waals surface area contributed by atoms with Crippen LogP contribution in [0.1, 0.15) is 13.8 Å². The molecule has 1 rings (SSSR count). The van der Waals surface area contributed by atoms with E-state index < -0.39 is 5.97 Å². The van der Waals surface area contributed by atoms with Gasteiger partial charge in [-0.3, -0.25) is 4.79 Å². The zero-order chi connectivity index (χ0) is 15.0. The quantitative estimate of drug-likeness (QED) is 0.783. The van der Waals surface area contributed by atoms with Crippen molar-refractivity contribution < 1.29 is 19.1 Å². The summed E-state index contributed by atoms with van der Waals surface area (Å²) < 4.78 is 9.97. The van der Waals surface area contributed by atoms with Crippen LogP contribution >= 0.6 is 11.6 Å². The zero-order valence-corrected chi connectivity index (χ0v) is 12.3. The van der Waals surface area contributed by atoms with Crippen LogP contribution in [0.3, 0.4) is 0 Å². The zero-order valence-electron chi connectivity index (χ0n) is 11.5. The molecule has 1 amide bonds. The van der Waals surface area contributed by atoms with Crippen molar-refractivity contribution in [2.24, 2.45) is 5.92 Å². The minimum absolute atomic E-state index is 0.251. The molecular weight excluding hydrogens is 282 g/mol. The Morgan fingerprint density at radius 2 is 1.85 bits per heavy atom. The first-order valence-electron chi connectivity index (χ1n) is 6.28. The van der Waals surface area contributed by atoms with Gasteiger partial charge in [-0.2, -0.15) is 0 Å². The first-order chi connectivity index (χ1) is 9.47. The number of nitrogens with one attached hydrogen (secondary N) is 1. The van der Waals surface area contributed by atoms with E-state index in [2.05, 4.69) is 5.32 Å². The number of carbonyl (C=O) groups excluding carboxylic acids is 2. The van der Waals surface area contributed by atoms with Crippen molar-refractivity contribution in [1.29, 1.82) is 0 Å². The Bertz CT molecular complexity index is 445. The third-order valence-corrected chi connectivity index (χ3v) is 2.49. The van der Waals surface area contributed by atoms with Gasteiger partial charge in [-0.1, -0.05) is 25.4 Å². The second-order valence-electron chi connectivity index (χ2n) is 4.60. The van der Waals surface area contributed by atoms with Crippen LogP contribution in [-0.2, 0) is 14.3 Å². The molecule has 110 valence electrons. The molecular formula is C14H18ClNO4. The maximum absolute atomic E-state index is 11.4. The van der Waals surface area contributed by atoms with Crippen molar-refractivity contribution in [2.75, 3.05) is 19.8 Å². The fourth-order valence-corrected chi connectivity index (χ4v) is 1.36. The number of esters is 1. The molecule has 0 atom stereocenters. The predicted molar refractivity (Wildman–Crippen MR) is 75.8 cm³/mol. The fourth-order valence-electron chi connectivity index (χ4n) is 1.23. The summed E-state index contributed by atoms with van der Waals surface area (Å²) >= 11 is 5.72. The number of benzene rings is 1. The summed E-state index contributed by atoms with van der Waals surface area (Å²) in [4.78, 5) is 22.7. The van der Waals surface area contributed by atoms with Gasteiger partial charge in [0, 0.05) is 11.6 Å². The highest BCUT2D eigenvalue weighted by atomic mass is 35.5. The molecule has 0 aliphatic rings. The SMILES string of the molecule is CC(C)CNC(=O)COC(=O)COc1ccc(Cl)cc1. The molecule has 0 saturated heterocycles. The Morgan fingerprint density at radius 1 is 1.20 bits per heavy atom. The van der Waals surface area contributed by atoms with Crippen LogP contribution in [0.15, 0.2) is 24.3 Å². The van der Waals surface area contributed by atoms with E-state index in [1.165, 1.54) is 0 Å². The van der Waals surface area contributed by atoms with Crippen molar-refractivity contribution in [2.45, 2.75) is 13.8 Å². The third-order valence-electron chi connectivity index (χ3n) is 2.24. The third kappa shape index (κ3) is 6.99. The maximum atomic E-state index is 11.4. The predicted octanol–water partition coefficient (Wildman–Crippen LogP) is 2.03. The van der Waals surface area contributed by atoms with Gasteiger partial charge in [0.05, 0.1) is 0 Å². The lowest BCUT2D eigenvalue weighted by Crippen LogP contribution is -2.32. The highest BCUT2D eigenvalue weighted by molar-refractivity contribution is 6.30. The molecule has 0 aliphatic heterocycles. The van der Waals surface area contributed by atoms with E-state index >= 15 is 0 Å². The lowest BCUT2D eigenvalue weighted by atomic mass is 10.2. The summed E-state index contributed by atoms with van der Waals surface area (Å²) in [7, 11) is 0. The summed E-state index contributed by atoms with van der Waals surface area (Å²) in [6, 6.07) is 6.60. The van der Waals surface area contributed by atoms with E-state index in [1.54, 1.807) is 24.3 Å². The molecule has 6 heteroatoms. The normalized spacial score (nSPS) is 10.2. The Morgan fingerprint density at radius 3 is 2.45 bits per heavy atom. The summed E-state index contributed by atoms with van der Waals surface area (Å²) in [5, 5.41) is 3.23. The molecule has 0 aliphatic carbocycles. The Labute approximate surface area is 123 Å². The standard InChI is InChI=1S/C14H18ClNO4/c1-10(2)7-16-13(17)8-20-14(18)9-19-12-5-3-11(15)4-6-12/h3-6,10H,7-9H2,1-2H3,(H,16,17). The van der Waals surface area contributed by atoms with E-state index in [1.807, 2.05) is 13.8 Å². The molecule has 0 spiro atoms. The molecule has 1 aromatic carbocycles. The van der Waals surface area contributed by atoms with Crippen molar-refractivity contribution in [3.8, 4) is 5.75 Å². The first-order valence-corrected chi connectivity index (χ1v) is 6.66. The molecule has 1 N–H and O–H groups in total. The van der Waals surface area contributed by atoms with Crippen LogP contribution < -0.4 is 10.1 Å². The summed E-state index contributed by atoms with van der Waals surface area (Å²) in [6.07, 6.45) is 0. The van der Waals surface area contributed by atoms with Crippen LogP contribution in [-0.4, -0.2) is 31.6 Å². The van der Waals surface area contributed by atoms with Crippen molar-refractivity contribution >= 4 is 23.5 Å². The van der Waals surface area contributed by atoms with E-state index in [9.17, 15) is 9.59 Å². The number of amides is 1. The molecule has 0 radical (unpaired) electrons. The number of carbonyl (C=O) groups is 2. The van der Waals surface area contributed by atoms with Gasteiger partial charge in [0.25, 0.3) is 5.91 Å². The average molecular weight is 300 g/mol. The van der Waals surface area contributed by atoms with Crippen molar-refractivity contribution in [1.82, 2.24) is 5.32 Å². The van der Waals surface area contributed by atoms with Crippen LogP contribution in [0.4, 0.5) is 0 Å². The van der Waals surface area contributed by atoms with Crippen molar-refractivity contribution in [3.05, 3.63) is 29.3 Å². The van der Waals surface area contributed by atoms with Gasteiger partial charge >= 0.3 is 5.97 Å². The number of rotatable bonds is 7. The minimum Gasteiger partial charge on any atom is -0.482 e. The van der Waals surface area contributed by atoms with Gasteiger partial charge in [-0.05, 0) is 30.2 Å². The molecule has 0 fully saturated rings. The Kier molecular flexibility index (Phi) is 6.87. The number of hydrogen-bond donors (Lipinski definition) is 1. The van der Waals surface area contributed by atoms with E-state index in [0.717, 1.165) is 0 Å². The maximum Gasteiger partial charge on any atom is 0.344 e. The summed E-state index contributed by atoms with van der Waals surface area (Å²) in [5.41, 5.74) is 0. The summed E-state index contributed by atoms with van der Waals surface area (Å²) in [5.74, 6) is -0.0586. The van der Waals surface area contributed by atoms with Gasteiger partial charge in [0.2, 0.25) is 0 Å². The minimum atomic E-state index is -0.598. The Hall–Kier alpha value is -1.75. The number of hydrogen-bond acceptors (Lipinski definition) is 4. The highest BCUT2D eigenvalue weighted by Crippen LogP contribution is 2.15. The summed E-state index contributed by atoms with van der Waals surface area (Å²) in [6.45, 7) is 3.96. The lowest BCUT2D eigenvalue weighted by Gasteiger charge is -2.09. The second kappa shape index (κ2) is 8.43. The lowest BCUT2D eigenvalue weighted by molar-refractivity contribution is -0.150. The molecule has 5 nitrogen and oxygen atoms in total. The van der Waals surface area contributed by atoms with E-state index in [-0.39, 0.29) is 19.1 Å². The van der Waals surface area contributed by atoms with Crippen LogP contribution in [0.5, 0.6) is 5.75 Å². The smallest absolute Gasteiger partial charge is 0.344 e. The van der Waals surface area contributed by atoms with E-state index in [0.29, 0.717) is 23.2 Å². The molecule has 0 heterocycles. The average Bonchev–Trinajstić information content (AvgIpc) is 2.42. The monoisotopic (exact) mass is 299 g/mol. The van der Waals surface area contributed by atoms with Crippen LogP contribution in [0, 0.1) is 5.92 Å². The molecule has 0 bridgehead atoms. The van der Waals surface area contributed by atoms with Gasteiger partial charge in [-0.25, -0.2) is 4.79 Å². The van der Waals surface area contributed by atoms with E-state index in [4.69, 9.17) is 21.1 Å². The van der Waals surface area contributed by atoms with Crippen molar-refractivity contribution in [3.63, 3.8) is 0 Å². The second-order valence-corrected chi connectivity index (χ2v) is 5.04. The number of halogens is 1.